The highest BCUT2D eigenvalue weighted by Crippen LogP contribution is 2.22. The van der Waals surface area contributed by atoms with E-state index in [0.717, 1.165) is 16.7 Å². The second kappa shape index (κ2) is 4.50. The van der Waals surface area contributed by atoms with E-state index in [1.54, 1.807) is 12.1 Å². The van der Waals surface area contributed by atoms with Gasteiger partial charge in [-0.1, -0.05) is 36.4 Å². The van der Waals surface area contributed by atoms with Crippen molar-refractivity contribution in [1.82, 2.24) is 0 Å². The maximum atomic E-state index is 9.18. The van der Waals surface area contributed by atoms with Crippen LogP contribution in [0.5, 0.6) is 5.75 Å². The summed E-state index contributed by atoms with van der Waals surface area (Å²) in [5.41, 5.74) is 3.16. The average molecular weight is 209 g/mol. The van der Waals surface area contributed by atoms with Gasteiger partial charge in [0.1, 0.15) is 5.75 Å². The molecule has 2 nitrogen and oxygen atoms in total. The van der Waals surface area contributed by atoms with Crippen LogP contribution in [0.1, 0.15) is 5.56 Å². The van der Waals surface area contributed by atoms with E-state index in [1.165, 1.54) is 0 Å². The van der Waals surface area contributed by atoms with Crippen molar-refractivity contribution in [2.75, 3.05) is 0 Å². The first-order chi connectivity index (χ1) is 7.79. The minimum Gasteiger partial charge on any atom is -0.508 e. The maximum Gasteiger partial charge on any atom is 0.115 e. The van der Waals surface area contributed by atoms with Gasteiger partial charge in [0.15, 0.2) is 0 Å². The van der Waals surface area contributed by atoms with Crippen molar-refractivity contribution in [2.45, 2.75) is 6.42 Å². The SMILES string of the molecule is N#CCc1ccc(-c2ccc(O)cc2)cc1. The molecule has 0 unspecified atom stereocenters. The highest BCUT2D eigenvalue weighted by atomic mass is 16.3. The molecule has 0 aliphatic rings. The minimum atomic E-state index is 0.268. The minimum absolute atomic E-state index is 0.268. The molecule has 2 aromatic carbocycles. The molecule has 2 heteroatoms. The Bertz CT molecular complexity index is 506. The zero-order valence-electron chi connectivity index (χ0n) is 8.72. The molecule has 0 aromatic heterocycles. The molecule has 16 heavy (non-hydrogen) atoms. The Balaban J connectivity index is 2.28. The van der Waals surface area contributed by atoms with Crippen LogP contribution < -0.4 is 0 Å². The summed E-state index contributed by atoms with van der Waals surface area (Å²) in [5, 5.41) is 17.7. The number of aromatic hydroxyl groups is 1. The Labute approximate surface area is 94.4 Å². The predicted molar refractivity (Wildman–Crippen MR) is 62.9 cm³/mol. The zero-order chi connectivity index (χ0) is 11.4. The monoisotopic (exact) mass is 209 g/mol. The molecule has 0 heterocycles. The highest BCUT2D eigenvalue weighted by molar-refractivity contribution is 5.64. The molecular weight excluding hydrogens is 198 g/mol. The third-order valence-electron chi connectivity index (χ3n) is 2.44. The summed E-state index contributed by atoms with van der Waals surface area (Å²) in [4.78, 5) is 0. The number of phenolic OH excluding ortho intramolecular Hbond substituents is 1. The van der Waals surface area contributed by atoms with Gasteiger partial charge < -0.3 is 5.11 Å². The lowest BCUT2D eigenvalue weighted by Crippen LogP contribution is -1.82. The number of nitriles is 1. The molecule has 2 aromatic rings. The van der Waals surface area contributed by atoms with Crippen molar-refractivity contribution in [2.24, 2.45) is 0 Å². The first-order valence-corrected chi connectivity index (χ1v) is 5.05. The number of nitrogens with zero attached hydrogens (tertiary/aromatic N) is 1. The quantitative estimate of drug-likeness (QED) is 0.825. The summed E-state index contributed by atoms with van der Waals surface area (Å²) < 4.78 is 0. The summed E-state index contributed by atoms with van der Waals surface area (Å²) in [7, 11) is 0. The zero-order valence-corrected chi connectivity index (χ0v) is 8.72. The van der Waals surface area contributed by atoms with Gasteiger partial charge in [-0.05, 0) is 28.8 Å². The van der Waals surface area contributed by atoms with Gasteiger partial charge in [-0.25, -0.2) is 0 Å². The Hall–Kier alpha value is -2.27. The van der Waals surface area contributed by atoms with E-state index >= 15 is 0 Å². The van der Waals surface area contributed by atoms with Crippen molar-refractivity contribution in [3.05, 3.63) is 54.1 Å². The molecule has 0 saturated heterocycles. The fourth-order valence-corrected chi connectivity index (χ4v) is 1.56. The summed E-state index contributed by atoms with van der Waals surface area (Å²) in [6.07, 6.45) is 0.440. The van der Waals surface area contributed by atoms with E-state index in [1.807, 2.05) is 36.4 Å². The molecule has 0 aliphatic heterocycles. The lowest BCUT2D eigenvalue weighted by molar-refractivity contribution is 0.475. The molecule has 0 fully saturated rings. The molecule has 0 atom stereocenters. The van der Waals surface area contributed by atoms with Gasteiger partial charge in [-0.2, -0.15) is 5.26 Å². The lowest BCUT2D eigenvalue weighted by atomic mass is 10.0. The van der Waals surface area contributed by atoms with Crippen molar-refractivity contribution < 1.29 is 5.11 Å². The third kappa shape index (κ3) is 2.21. The highest BCUT2D eigenvalue weighted by Gasteiger charge is 1.98. The van der Waals surface area contributed by atoms with Gasteiger partial charge in [-0.3, -0.25) is 0 Å². The first-order valence-electron chi connectivity index (χ1n) is 5.05. The topological polar surface area (TPSA) is 44.0 Å². The van der Waals surface area contributed by atoms with Gasteiger partial charge in [0.2, 0.25) is 0 Å². The summed E-state index contributed by atoms with van der Waals surface area (Å²) >= 11 is 0. The van der Waals surface area contributed by atoms with Gasteiger partial charge in [-0.15, -0.1) is 0 Å². The van der Waals surface area contributed by atoms with E-state index in [-0.39, 0.29) is 5.75 Å². The standard InChI is InChI=1S/C14H11NO/c15-10-9-11-1-3-12(4-2-11)13-5-7-14(16)8-6-13/h1-8,16H,9H2. The van der Waals surface area contributed by atoms with Crippen LogP contribution >= 0.6 is 0 Å². The van der Waals surface area contributed by atoms with Crippen LogP contribution in [0.25, 0.3) is 11.1 Å². The van der Waals surface area contributed by atoms with Crippen molar-refractivity contribution in [3.8, 4) is 22.9 Å². The third-order valence-corrected chi connectivity index (χ3v) is 2.44. The molecule has 0 saturated carbocycles. The van der Waals surface area contributed by atoms with Crippen molar-refractivity contribution in [1.29, 1.82) is 5.26 Å². The smallest absolute Gasteiger partial charge is 0.115 e. The van der Waals surface area contributed by atoms with Gasteiger partial charge in [0.05, 0.1) is 12.5 Å². The van der Waals surface area contributed by atoms with E-state index < -0.39 is 0 Å². The van der Waals surface area contributed by atoms with Crippen LogP contribution in [0.4, 0.5) is 0 Å². The Morgan fingerprint density at radius 1 is 0.875 bits per heavy atom. The molecular formula is C14H11NO. The number of phenols is 1. The van der Waals surface area contributed by atoms with E-state index in [2.05, 4.69) is 6.07 Å². The van der Waals surface area contributed by atoms with Crippen LogP contribution in [0.15, 0.2) is 48.5 Å². The molecule has 0 aliphatic carbocycles. The van der Waals surface area contributed by atoms with Gasteiger partial charge in [0, 0.05) is 0 Å². The maximum absolute atomic E-state index is 9.18. The summed E-state index contributed by atoms with van der Waals surface area (Å²) in [6.45, 7) is 0. The first kappa shape index (κ1) is 10.3. The molecule has 0 spiro atoms. The van der Waals surface area contributed by atoms with Crippen molar-refractivity contribution >= 4 is 0 Å². The van der Waals surface area contributed by atoms with E-state index in [0.29, 0.717) is 6.42 Å². The Kier molecular flexibility index (Phi) is 2.88. The number of hydrogen-bond acceptors (Lipinski definition) is 2. The van der Waals surface area contributed by atoms with Crippen molar-refractivity contribution in [3.63, 3.8) is 0 Å². The molecule has 78 valence electrons. The van der Waals surface area contributed by atoms with Crippen LogP contribution in [-0.4, -0.2) is 5.11 Å². The van der Waals surface area contributed by atoms with E-state index in [4.69, 9.17) is 5.26 Å². The molecule has 1 N–H and O–H groups in total. The van der Waals surface area contributed by atoms with Crippen LogP contribution in [0, 0.1) is 11.3 Å². The number of benzene rings is 2. The van der Waals surface area contributed by atoms with Gasteiger partial charge in [0.25, 0.3) is 0 Å². The van der Waals surface area contributed by atoms with Gasteiger partial charge >= 0.3 is 0 Å². The predicted octanol–water partition coefficient (Wildman–Crippen LogP) is 3.13. The Morgan fingerprint density at radius 3 is 1.88 bits per heavy atom. The molecule has 0 amide bonds. The molecule has 0 radical (unpaired) electrons. The lowest BCUT2D eigenvalue weighted by Gasteiger charge is -2.02. The number of hydrogen-bond donors (Lipinski definition) is 1. The van der Waals surface area contributed by atoms with Crippen LogP contribution in [0.3, 0.4) is 0 Å². The molecule has 0 bridgehead atoms. The summed E-state index contributed by atoms with van der Waals surface area (Å²) in [6, 6.07) is 17.1. The largest absolute Gasteiger partial charge is 0.508 e. The second-order valence-electron chi connectivity index (χ2n) is 3.58. The fraction of sp³-hybridized carbons (Fsp3) is 0.0714. The molecule has 2 rings (SSSR count). The van der Waals surface area contributed by atoms with Crippen LogP contribution in [-0.2, 0) is 6.42 Å². The number of rotatable bonds is 2. The van der Waals surface area contributed by atoms with E-state index in [9.17, 15) is 5.11 Å². The van der Waals surface area contributed by atoms with Crippen LogP contribution in [0.2, 0.25) is 0 Å². The second-order valence-corrected chi connectivity index (χ2v) is 3.58. The summed E-state index contributed by atoms with van der Waals surface area (Å²) in [5.74, 6) is 0.268. The Morgan fingerprint density at radius 2 is 1.38 bits per heavy atom. The average Bonchev–Trinajstić information content (AvgIpc) is 2.32. The fourth-order valence-electron chi connectivity index (χ4n) is 1.56. The normalized spacial score (nSPS) is 9.69.